The predicted molar refractivity (Wildman–Crippen MR) is 39.7 cm³/mol. The van der Waals surface area contributed by atoms with Crippen molar-refractivity contribution in [1.29, 1.82) is 5.41 Å². The summed E-state index contributed by atoms with van der Waals surface area (Å²) in [7, 11) is 1.37. The average Bonchev–Trinajstić information content (AvgIpc) is 2.00. The molecule has 0 aromatic heterocycles. The molecule has 0 fully saturated rings. The smallest absolute Gasteiger partial charge is 0.447 e. The van der Waals surface area contributed by atoms with Gasteiger partial charge in [-0.15, -0.1) is 0 Å². The largest absolute Gasteiger partial charge is 0.547 e. The summed E-state index contributed by atoms with van der Waals surface area (Å²) in [5.74, 6) is -1.30. The van der Waals surface area contributed by atoms with Gasteiger partial charge in [-0.2, -0.15) is 0 Å². The Balaban J connectivity index is 3.74. The maximum absolute atomic E-state index is 10.7. The highest BCUT2D eigenvalue weighted by Gasteiger charge is 2.11. The first-order valence-electron chi connectivity index (χ1n) is 3.09. The zero-order chi connectivity index (χ0) is 10.4. The number of nitrogens with zero attached hydrogens (tertiary/aromatic N) is 1. The lowest BCUT2D eigenvalue weighted by Crippen LogP contribution is -2.37. The van der Waals surface area contributed by atoms with Crippen molar-refractivity contribution < 1.29 is 24.5 Å². The van der Waals surface area contributed by atoms with Crippen LogP contribution in [0.4, 0.5) is 4.79 Å². The molecule has 0 rings (SSSR count). The van der Waals surface area contributed by atoms with Crippen molar-refractivity contribution >= 4 is 18.1 Å². The van der Waals surface area contributed by atoms with Crippen molar-refractivity contribution in [2.24, 2.45) is 5.73 Å². The summed E-state index contributed by atoms with van der Waals surface area (Å²) in [4.78, 5) is 28.8. The minimum Gasteiger partial charge on any atom is -0.447 e. The summed E-state index contributed by atoms with van der Waals surface area (Å²) in [6.07, 6.45) is -1.72. The summed E-state index contributed by atoms with van der Waals surface area (Å²) >= 11 is 0. The molecule has 13 heavy (non-hydrogen) atoms. The summed E-state index contributed by atoms with van der Waals surface area (Å²) in [6.45, 7) is -0.359. The van der Waals surface area contributed by atoms with Crippen molar-refractivity contribution in [3.8, 4) is 0 Å². The lowest BCUT2D eigenvalue weighted by molar-refractivity contribution is -0.240. The maximum Gasteiger partial charge on any atom is 0.547 e. The number of nitrogens with one attached hydrogen (secondary N) is 1. The van der Waals surface area contributed by atoms with Gasteiger partial charge in [0.2, 0.25) is 0 Å². The van der Waals surface area contributed by atoms with Gasteiger partial charge in [-0.1, -0.05) is 0 Å². The van der Waals surface area contributed by atoms with E-state index < -0.39 is 12.1 Å². The standard InChI is InChI=1S/C5H9N3O5/c1-8(4(6)7)2-3(9)12-13-5(10)11/h2H2,1H3,(H3,6,7)(H,10,11). The summed E-state index contributed by atoms with van der Waals surface area (Å²) in [5.41, 5.74) is 4.98. The highest BCUT2D eigenvalue weighted by Crippen LogP contribution is 1.86. The second-order valence-electron chi connectivity index (χ2n) is 2.05. The number of carbonyl (C=O) groups is 2. The van der Waals surface area contributed by atoms with Crippen molar-refractivity contribution in [2.75, 3.05) is 13.6 Å². The molecule has 0 saturated carbocycles. The number of guanidine groups is 1. The van der Waals surface area contributed by atoms with Gasteiger partial charge in [0.1, 0.15) is 6.54 Å². The molecule has 74 valence electrons. The molecule has 0 aliphatic rings. The zero-order valence-corrected chi connectivity index (χ0v) is 6.81. The van der Waals surface area contributed by atoms with E-state index in [9.17, 15) is 9.59 Å². The Morgan fingerprint density at radius 1 is 1.54 bits per heavy atom. The predicted octanol–water partition coefficient (Wildman–Crippen LogP) is -1.04. The van der Waals surface area contributed by atoms with Crippen LogP contribution in [0.2, 0.25) is 0 Å². The number of carboxylic acid groups (broad SMARTS) is 1. The van der Waals surface area contributed by atoms with Crippen LogP contribution in [-0.2, 0) is 14.6 Å². The van der Waals surface area contributed by atoms with Crippen molar-refractivity contribution in [3.05, 3.63) is 0 Å². The lowest BCUT2D eigenvalue weighted by atomic mass is 10.6. The molecule has 8 heteroatoms. The molecule has 0 heterocycles. The minimum atomic E-state index is -1.72. The first kappa shape index (κ1) is 11.0. The molecule has 0 amide bonds. The molecule has 0 unspecified atom stereocenters. The number of hydrogen-bond acceptors (Lipinski definition) is 5. The molecular weight excluding hydrogens is 182 g/mol. The van der Waals surface area contributed by atoms with Gasteiger partial charge >= 0.3 is 12.1 Å². The van der Waals surface area contributed by atoms with Crippen LogP contribution >= 0.6 is 0 Å². The fraction of sp³-hybridized carbons (Fsp3) is 0.400. The quantitative estimate of drug-likeness (QED) is 0.220. The number of likely N-dealkylation sites (N-methyl/N-ethyl adjacent to an activating group) is 1. The van der Waals surface area contributed by atoms with Crippen LogP contribution in [0.5, 0.6) is 0 Å². The molecule has 0 aliphatic carbocycles. The summed E-state index contributed by atoms with van der Waals surface area (Å²) < 4.78 is 0. The van der Waals surface area contributed by atoms with E-state index in [-0.39, 0.29) is 12.5 Å². The fourth-order valence-electron chi connectivity index (χ4n) is 0.387. The topological polar surface area (TPSA) is 126 Å². The highest BCUT2D eigenvalue weighted by atomic mass is 17.2. The van der Waals surface area contributed by atoms with E-state index in [1.807, 2.05) is 0 Å². The molecule has 0 spiro atoms. The molecule has 0 bridgehead atoms. The Morgan fingerprint density at radius 2 is 2.08 bits per heavy atom. The van der Waals surface area contributed by atoms with Gasteiger partial charge in [0, 0.05) is 7.05 Å². The van der Waals surface area contributed by atoms with Gasteiger partial charge in [0.15, 0.2) is 5.96 Å². The maximum atomic E-state index is 10.7. The number of rotatable bonds is 2. The van der Waals surface area contributed by atoms with Crippen molar-refractivity contribution in [3.63, 3.8) is 0 Å². The number of hydrogen-bond donors (Lipinski definition) is 3. The van der Waals surface area contributed by atoms with Crippen LogP contribution in [-0.4, -0.2) is 41.7 Å². The van der Waals surface area contributed by atoms with Crippen LogP contribution < -0.4 is 5.73 Å². The molecule has 0 radical (unpaired) electrons. The van der Waals surface area contributed by atoms with Crippen LogP contribution in [0.3, 0.4) is 0 Å². The molecule has 8 nitrogen and oxygen atoms in total. The van der Waals surface area contributed by atoms with Gasteiger partial charge in [-0.25, -0.2) is 19.4 Å². The Kier molecular flexibility index (Phi) is 4.07. The molecular formula is C5H9N3O5. The van der Waals surface area contributed by atoms with E-state index >= 15 is 0 Å². The Morgan fingerprint density at radius 3 is 2.46 bits per heavy atom. The van der Waals surface area contributed by atoms with Gasteiger partial charge in [0.25, 0.3) is 0 Å². The Labute approximate surface area is 73.3 Å². The van der Waals surface area contributed by atoms with Gasteiger partial charge in [-0.3, -0.25) is 5.41 Å². The van der Waals surface area contributed by atoms with E-state index in [1.165, 1.54) is 7.05 Å². The van der Waals surface area contributed by atoms with E-state index in [0.29, 0.717) is 0 Å². The van der Waals surface area contributed by atoms with E-state index in [4.69, 9.17) is 16.2 Å². The Bertz CT molecular complexity index is 228. The van der Waals surface area contributed by atoms with Crippen molar-refractivity contribution in [1.82, 2.24) is 4.90 Å². The zero-order valence-electron chi connectivity index (χ0n) is 6.81. The first-order chi connectivity index (χ1) is 5.93. The second kappa shape index (κ2) is 4.80. The van der Waals surface area contributed by atoms with Crippen LogP contribution in [0.25, 0.3) is 0 Å². The second-order valence-corrected chi connectivity index (χ2v) is 2.05. The minimum absolute atomic E-state index is 0.340. The molecule has 4 N–H and O–H groups in total. The van der Waals surface area contributed by atoms with E-state index in [1.54, 1.807) is 0 Å². The number of nitrogens with two attached hydrogens (primary N) is 1. The monoisotopic (exact) mass is 191 g/mol. The fourth-order valence-corrected chi connectivity index (χ4v) is 0.387. The van der Waals surface area contributed by atoms with Crippen LogP contribution in [0.15, 0.2) is 0 Å². The third kappa shape index (κ3) is 5.30. The summed E-state index contributed by atoms with van der Waals surface area (Å²) in [6, 6.07) is 0. The van der Waals surface area contributed by atoms with Gasteiger partial charge in [0.05, 0.1) is 0 Å². The third-order valence-electron chi connectivity index (χ3n) is 0.983. The molecule has 0 aromatic carbocycles. The van der Waals surface area contributed by atoms with Gasteiger partial charge < -0.3 is 15.7 Å². The van der Waals surface area contributed by atoms with E-state index in [2.05, 4.69) is 9.78 Å². The normalized spacial score (nSPS) is 8.69. The van der Waals surface area contributed by atoms with Gasteiger partial charge in [-0.05, 0) is 0 Å². The Hall–Kier alpha value is -1.99. The molecule has 0 aromatic rings. The SMILES string of the molecule is CN(CC(=O)OOC(=O)O)C(=N)N. The number of carbonyl (C=O) groups excluding carboxylic acids is 1. The first-order valence-corrected chi connectivity index (χ1v) is 3.09. The summed E-state index contributed by atoms with van der Waals surface area (Å²) in [5, 5.41) is 14.8. The molecule has 0 aliphatic heterocycles. The highest BCUT2D eigenvalue weighted by molar-refractivity contribution is 5.80. The van der Waals surface area contributed by atoms with Crippen LogP contribution in [0, 0.1) is 5.41 Å². The average molecular weight is 191 g/mol. The lowest BCUT2D eigenvalue weighted by Gasteiger charge is -2.13. The van der Waals surface area contributed by atoms with Crippen LogP contribution in [0.1, 0.15) is 0 Å². The van der Waals surface area contributed by atoms with E-state index in [0.717, 1.165) is 4.90 Å². The third-order valence-corrected chi connectivity index (χ3v) is 0.983. The molecule has 0 saturated heterocycles. The van der Waals surface area contributed by atoms with Crippen molar-refractivity contribution in [2.45, 2.75) is 0 Å². The molecule has 0 atom stereocenters.